The summed E-state index contributed by atoms with van der Waals surface area (Å²) >= 11 is 0. The van der Waals surface area contributed by atoms with Gasteiger partial charge >= 0.3 is 5.97 Å². The maximum absolute atomic E-state index is 12.9. The minimum atomic E-state index is -1.57. The van der Waals surface area contributed by atoms with E-state index in [1.807, 2.05) is 0 Å². The molecule has 0 amide bonds. The Kier molecular flexibility index (Phi) is 3.13. The van der Waals surface area contributed by atoms with Crippen LogP contribution in [0.5, 0.6) is 0 Å². The number of Topliss-reactive ketones (excluding diaryl/α,β-unsaturated/α-hetero) is 1. The Morgan fingerprint density at radius 3 is 2.60 bits per heavy atom. The zero-order chi connectivity index (χ0) is 11.4. The average Bonchev–Trinajstić information content (AvgIpc) is 2.16. The van der Waals surface area contributed by atoms with E-state index in [0.717, 1.165) is 12.1 Å². The number of carbonyl (C=O) groups is 2. The summed E-state index contributed by atoms with van der Waals surface area (Å²) in [5.74, 6) is -3.27. The molecule has 15 heavy (non-hydrogen) atoms. The van der Waals surface area contributed by atoms with Gasteiger partial charge < -0.3 is 5.11 Å². The van der Waals surface area contributed by atoms with Crippen LogP contribution in [-0.2, 0) is 16.0 Å². The zero-order valence-electron chi connectivity index (χ0n) is 7.53. The van der Waals surface area contributed by atoms with Crippen LogP contribution in [0.15, 0.2) is 18.2 Å². The summed E-state index contributed by atoms with van der Waals surface area (Å²) in [4.78, 5) is 21.1. The molecule has 0 unspecified atom stereocenters. The second-order valence-electron chi connectivity index (χ2n) is 2.87. The monoisotopic (exact) mass is 207 g/mol. The molecule has 1 rings (SSSR count). The van der Waals surface area contributed by atoms with E-state index in [-0.39, 0.29) is 11.1 Å². The van der Waals surface area contributed by atoms with Crippen molar-refractivity contribution in [3.05, 3.63) is 35.1 Å². The quantitative estimate of drug-likeness (QED) is 0.746. The Balaban J connectivity index is 2.96. The fourth-order valence-corrected chi connectivity index (χ4v) is 1.08. The highest BCUT2D eigenvalue weighted by Gasteiger charge is 2.13. The number of rotatable bonds is 3. The van der Waals surface area contributed by atoms with Gasteiger partial charge in [-0.1, -0.05) is 0 Å². The van der Waals surface area contributed by atoms with E-state index in [4.69, 9.17) is 10.4 Å². The lowest BCUT2D eigenvalue weighted by molar-refractivity contribution is -0.148. The molecule has 1 aromatic carbocycles. The Morgan fingerprint density at radius 2 is 2.07 bits per heavy atom. The molecular weight excluding hydrogens is 201 g/mol. The summed E-state index contributed by atoms with van der Waals surface area (Å²) in [5.41, 5.74) is 0.238. The van der Waals surface area contributed by atoms with Gasteiger partial charge in [0, 0.05) is 6.42 Å². The molecule has 1 aromatic rings. The molecule has 0 radical (unpaired) electrons. The molecular formula is C10H6FNO3. The van der Waals surface area contributed by atoms with Gasteiger partial charge in [0.05, 0.1) is 11.6 Å². The molecule has 0 saturated carbocycles. The standard InChI is InChI=1S/C10H6FNO3/c11-8-2-6(1-7(3-8)5-12)4-9(13)10(14)15/h1-3H,4H2,(H,14,15). The summed E-state index contributed by atoms with van der Waals surface area (Å²) in [7, 11) is 0. The predicted molar refractivity (Wildman–Crippen MR) is 47.5 cm³/mol. The maximum atomic E-state index is 12.9. The van der Waals surface area contributed by atoms with Gasteiger partial charge in [-0.15, -0.1) is 0 Å². The average molecular weight is 207 g/mol. The van der Waals surface area contributed by atoms with Crippen LogP contribution in [0.25, 0.3) is 0 Å². The molecule has 0 heterocycles. The summed E-state index contributed by atoms with van der Waals surface area (Å²) < 4.78 is 12.9. The smallest absolute Gasteiger partial charge is 0.372 e. The number of carboxylic acids is 1. The Labute approximate surface area is 84.6 Å². The van der Waals surface area contributed by atoms with E-state index in [2.05, 4.69) is 0 Å². The number of nitrogens with zero attached hydrogens (tertiary/aromatic N) is 1. The van der Waals surface area contributed by atoms with Gasteiger partial charge in [0.25, 0.3) is 0 Å². The normalized spacial score (nSPS) is 9.33. The second-order valence-corrected chi connectivity index (χ2v) is 2.87. The first-order chi connectivity index (χ1) is 7.02. The largest absolute Gasteiger partial charge is 0.475 e. The summed E-state index contributed by atoms with van der Waals surface area (Å²) in [6.45, 7) is 0. The molecule has 0 aliphatic carbocycles. The van der Waals surface area contributed by atoms with Crippen molar-refractivity contribution in [3.8, 4) is 6.07 Å². The molecule has 4 nitrogen and oxygen atoms in total. The van der Waals surface area contributed by atoms with E-state index in [9.17, 15) is 14.0 Å². The highest BCUT2D eigenvalue weighted by molar-refractivity contribution is 6.33. The van der Waals surface area contributed by atoms with Crippen molar-refractivity contribution in [2.45, 2.75) is 6.42 Å². The summed E-state index contributed by atoms with van der Waals surface area (Å²) in [6.07, 6.45) is -0.415. The third kappa shape index (κ3) is 2.88. The van der Waals surface area contributed by atoms with Crippen molar-refractivity contribution < 1.29 is 19.1 Å². The van der Waals surface area contributed by atoms with E-state index in [1.54, 1.807) is 6.07 Å². The van der Waals surface area contributed by atoms with Crippen molar-refractivity contribution in [2.75, 3.05) is 0 Å². The van der Waals surface area contributed by atoms with Crippen LogP contribution in [0.3, 0.4) is 0 Å². The van der Waals surface area contributed by atoms with Crippen LogP contribution in [0.1, 0.15) is 11.1 Å². The van der Waals surface area contributed by atoms with Gasteiger partial charge in [0.2, 0.25) is 5.78 Å². The van der Waals surface area contributed by atoms with Gasteiger partial charge in [0.15, 0.2) is 0 Å². The lowest BCUT2D eigenvalue weighted by Crippen LogP contribution is -2.15. The van der Waals surface area contributed by atoms with Crippen molar-refractivity contribution in [1.82, 2.24) is 0 Å². The first-order valence-corrected chi connectivity index (χ1v) is 3.98. The number of carbonyl (C=O) groups excluding carboxylic acids is 1. The van der Waals surface area contributed by atoms with Gasteiger partial charge in [-0.3, -0.25) is 4.79 Å². The van der Waals surface area contributed by atoms with Crippen molar-refractivity contribution >= 4 is 11.8 Å². The van der Waals surface area contributed by atoms with Crippen LogP contribution >= 0.6 is 0 Å². The van der Waals surface area contributed by atoms with Gasteiger partial charge in [0.1, 0.15) is 5.82 Å². The number of nitriles is 1. The molecule has 0 aliphatic heterocycles. The number of ketones is 1. The van der Waals surface area contributed by atoms with Crippen LogP contribution in [0.2, 0.25) is 0 Å². The lowest BCUT2D eigenvalue weighted by Gasteiger charge is -1.99. The van der Waals surface area contributed by atoms with Crippen molar-refractivity contribution in [3.63, 3.8) is 0 Å². The molecule has 5 heteroatoms. The Morgan fingerprint density at radius 1 is 1.40 bits per heavy atom. The number of benzene rings is 1. The van der Waals surface area contributed by atoms with Gasteiger partial charge in [-0.25, -0.2) is 9.18 Å². The minimum Gasteiger partial charge on any atom is -0.475 e. The first kappa shape index (κ1) is 10.9. The molecule has 0 saturated heterocycles. The lowest BCUT2D eigenvalue weighted by atomic mass is 10.1. The molecule has 0 spiro atoms. The van der Waals surface area contributed by atoms with Crippen LogP contribution in [0.4, 0.5) is 4.39 Å². The number of carboxylic acid groups (broad SMARTS) is 1. The third-order valence-electron chi connectivity index (χ3n) is 1.69. The molecule has 0 bridgehead atoms. The zero-order valence-corrected chi connectivity index (χ0v) is 7.53. The SMILES string of the molecule is N#Cc1cc(F)cc(CC(=O)C(=O)O)c1. The minimum absolute atomic E-state index is 0.0585. The van der Waals surface area contributed by atoms with E-state index in [0.29, 0.717) is 0 Å². The number of hydrogen-bond acceptors (Lipinski definition) is 3. The fraction of sp³-hybridized carbons (Fsp3) is 0.100. The third-order valence-corrected chi connectivity index (χ3v) is 1.69. The second kappa shape index (κ2) is 4.33. The number of aliphatic carboxylic acids is 1. The molecule has 0 aromatic heterocycles. The summed E-state index contributed by atoms with van der Waals surface area (Å²) in [5, 5.41) is 16.8. The van der Waals surface area contributed by atoms with E-state index >= 15 is 0 Å². The Bertz CT molecular complexity index is 462. The molecule has 0 atom stereocenters. The Hall–Kier alpha value is -2.22. The highest BCUT2D eigenvalue weighted by Crippen LogP contribution is 2.09. The highest BCUT2D eigenvalue weighted by atomic mass is 19.1. The van der Waals surface area contributed by atoms with Gasteiger partial charge in [-0.2, -0.15) is 5.26 Å². The summed E-state index contributed by atoms with van der Waals surface area (Å²) in [6, 6.07) is 5.03. The first-order valence-electron chi connectivity index (χ1n) is 3.98. The van der Waals surface area contributed by atoms with Crippen LogP contribution in [0, 0.1) is 17.1 Å². The van der Waals surface area contributed by atoms with E-state index in [1.165, 1.54) is 6.07 Å². The molecule has 76 valence electrons. The van der Waals surface area contributed by atoms with E-state index < -0.39 is 24.0 Å². The number of halogens is 1. The van der Waals surface area contributed by atoms with Crippen molar-refractivity contribution in [2.24, 2.45) is 0 Å². The molecule has 1 N–H and O–H groups in total. The van der Waals surface area contributed by atoms with Crippen LogP contribution in [-0.4, -0.2) is 16.9 Å². The van der Waals surface area contributed by atoms with Gasteiger partial charge in [-0.05, 0) is 23.8 Å². The fourth-order valence-electron chi connectivity index (χ4n) is 1.08. The predicted octanol–water partition coefficient (Wildman–Crippen LogP) is 0.894. The topological polar surface area (TPSA) is 78.2 Å². The number of hydrogen-bond donors (Lipinski definition) is 1. The van der Waals surface area contributed by atoms with Crippen molar-refractivity contribution in [1.29, 1.82) is 5.26 Å². The maximum Gasteiger partial charge on any atom is 0.372 e. The molecule has 0 aliphatic rings. The molecule has 0 fully saturated rings. The van der Waals surface area contributed by atoms with Crippen LogP contribution < -0.4 is 0 Å².